The van der Waals surface area contributed by atoms with Gasteiger partial charge in [-0.25, -0.2) is 0 Å². The van der Waals surface area contributed by atoms with Crippen molar-refractivity contribution in [2.75, 3.05) is 52.9 Å². The Bertz CT molecular complexity index is 901. The third-order valence-corrected chi connectivity index (χ3v) is 5.55. The lowest BCUT2D eigenvalue weighted by Gasteiger charge is -2.32. The number of rotatable bonds is 8. The van der Waals surface area contributed by atoms with E-state index in [-0.39, 0.29) is 18.1 Å². The van der Waals surface area contributed by atoms with Crippen LogP contribution < -0.4 is 15.6 Å². The molecule has 0 bridgehead atoms. The van der Waals surface area contributed by atoms with Crippen LogP contribution in [0.4, 0.5) is 0 Å². The van der Waals surface area contributed by atoms with Crippen LogP contribution in [0, 0.1) is 6.92 Å². The maximum absolute atomic E-state index is 12.2. The van der Waals surface area contributed by atoms with Crippen molar-refractivity contribution in [2.24, 2.45) is 0 Å². The highest BCUT2D eigenvalue weighted by molar-refractivity contribution is 5.84. The average Bonchev–Trinajstić information content (AvgIpc) is 2.71. The van der Waals surface area contributed by atoms with Gasteiger partial charge < -0.3 is 24.4 Å². The van der Waals surface area contributed by atoms with E-state index in [0.717, 1.165) is 55.6 Å². The summed E-state index contributed by atoms with van der Waals surface area (Å²) in [5.41, 5.74) is 1.76. The molecule has 1 aromatic heterocycles. The van der Waals surface area contributed by atoms with Gasteiger partial charge >= 0.3 is 0 Å². The number of aromatic nitrogens is 1. The van der Waals surface area contributed by atoms with Crippen molar-refractivity contribution in [3.8, 4) is 5.75 Å². The average molecular weight is 401 g/mol. The number of aryl methyl sites for hydroxylation is 2. The second kappa shape index (κ2) is 9.89. The molecule has 2 heterocycles. The van der Waals surface area contributed by atoms with Crippen molar-refractivity contribution in [2.45, 2.75) is 26.8 Å². The minimum atomic E-state index is -0.124. The normalized spacial score (nSPS) is 15.6. The Morgan fingerprint density at radius 2 is 1.93 bits per heavy atom. The van der Waals surface area contributed by atoms with Crippen molar-refractivity contribution >= 4 is 16.8 Å². The summed E-state index contributed by atoms with van der Waals surface area (Å²) in [6.07, 6.45) is 0.938. The van der Waals surface area contributed by atoms with Gasteiger partial charge in [-0.1, -0.05) is 0 Å². The SMILES string of the molecule is CCn1c(=O)cc(C)c2ccc(OCC(=O)NCCCN3CCN(C)CC3)cc21. The molecular weight excluding hydrogens is 368 g/mol. The summed E-state index contributed by atoms with van der Waals surface area (Å²) in [7, 11) is 2.15. The predicted molar refractivity (Wildman–Crippen MR) is 116 cm³/mol. The van der Waals surface area contributed by atoms with Crippen molar-refractivity contribution < 1.29 is 9.53 Å². The zero-order valence-corrected chi connectivity index (χ0v) is 17.7. The van der Waals surface area contributed by atoms with Crippen molar-refractivity contribution in [3.05, 3.63) is 40.2 Å². The highest BCUT2D eigenvalue weighted by atomic mass is 16.5. The molecule has 0 radical (unpaired) electrons. The topological polar surface area (TPSA) is 66.8 Å². The lowest BCUT2D eigenvalue weighted by molar-refractivity contribution is -0.123. The molecule has 7 heteroatoms. The molecule has 3 rings (SSSR count). The van der Waals surface area contributed by atoms with E-state index in [0.29, 0.717) is 18.8 Å². The lowest BCUT2D eigenvalue weighted by Crippen LogP contribution is -2.45. The smallest absolute Gasteiger partial charge is 0.257 e. The number of nitrogens with zero attached hydrogens (tertiary/aromatic N) is 3. The Labute approximate surface area is 172 Å². The van der Waals surface area contributed by atoms with Crippen molar-refractivity contribution in [1.82, 2.24) is 19.7 Å². The molecule has 1 N–H and O–H groups in total. The predicted octanol–water partition coefficient (Wildman–Crippen LogP) is 1.46. The molecule has 29 heavy (non-hydrogen) atoms. The van der Waals surface area contributed by atoms with Crippen LogP contribution in [0.3, 0.4) is 0 Å². The zero-order chi connectivity index (χ0) is 20.8. The Morgan fingerprint density at radius 1 is 1.17 bits per heavy atom. The molecule has 158 valence electrons. The number of fused-ring (bicyclic) bond motifs is 1. The molecule has 1 amide bonds. The number of carbonyl (C=O) groups excluding carboxylic acids is 1. The van der Waals surface area contributed by atoms with Gasteiger partial charge in [0.25, 0.3) is 11.5 Å². The van der Waals surface area contributed by atoms with Crippen LogP contribution in [0.1, 0.15) is 18.9 Å². The number of amides is 1. The number of piperazine rings is 1. The first-order chi connectivity index (χ1) is 14.0. The first kappa shape index (κ1) is 21.3. The fraction of sp³-hybridized carbons (Fsp3) is 0.545. The molecule has 0 spiro atoms. The van der Waals surface area contributed by atoms with Crippen LogP contribution in [0.15, 0.2) is 29.1 Å². The largest absolute Gasteiger partial charge is 0.484 e. The number of carbonyl (C=O) groups is 1. The number of benzene rings is 1. The van der Waals surface area contributed by atoms with Crippen molar-refractivity contribution in [1.29, 1.82) is 0 Å². The number of hydrogen-bond acceptors (Lipinski definition) is 5. The Balaban J connectivity index is 1.47. The Hall–Kier alpha value is -2.38. The molecule has 1 aliphatic rings. The molecule has 1 aliphatic heterocycles. The summed E-state index contributed by atoms with van der Waals surface area (Å²) in [6, 6.07) is 7.29. The molecule has 0 saturated carbocycles. The van der Waals surface area contributed by atoms with Crippen LogP contribution in [0.5, 0.6) is 5.75 Å². The summed E-state index contributed by atoms with van der Waals surface area (Å²) >= 11 is 0. The number of hydrogen-bond donors (Lipinski definition) is 1. The van der Waals surface area contributed by atoms with Gasteiger partial charge in [-0.3, -0.25) is 9.59 Å². The number of ether oxygens (including phenoxy) is 1. The van der Waals surface area contributed by atoms with Crippen LogP contribution in [-0.4, -0.2) is 73.2 Å². The standard InChI is InChI=1S/C22H32N4O3/c1-4-26-20-15-18(6-7-19(20)17(2)14-22(26)28)29-16-21(27)23-8-5-9-25-12-10-24(3)11-13-25/h6-7,14-15H,4-5,8-13,16H2,1-3H3,(H,23,27). The zero-order valence-electron chi connectivity index (χ0n) is 17.7. The van der Waals surface area contributed by atoms with Gasteiger partial charge in [0, 0.05) is 56.8 Å². The van der Waals surface area contributed by atoms with E-state index in [1.807, 2.05) is 32.0 Å². The van der Waals surface area contributed by atoms with Gasteiger partial charge in [0.2, 0.25) is 0 Å². The quantitative estimate of drug-likeness (QED) is 0.680. The van der Waals surface area contributed by atoms with E-state index in [9.17, 15) is 9.59 Å². The van der Waals surface area contributed by atoms with E-state index in [4.69, 9.17) is 4.74 Å². The van der Waals surface area contributed by atoms with Gasteiger partial charge in [-0.2, -0.15) is 0 Å². The van der Waals surface area contributed by atoms with E-state index in [1.165, 1.54) is 0 Å². The number of pyridine rings is 1. The molecular formula is C22H32N4O3. The van der Waals surface area contributed by atoms with Gasteiger partial charge in [0.1, 0.15) is 5.75 Å². The third kappa shape index (κ3) is 5.58. The summed E-state index contributed by atoms with van der Waals surface area (Å²) in [5, 5.41) is 3.94. The maximum Gasteiger partial charge on any atom is 0.257 e. The van der Waals surface area contributed by atoms with Crippen LogP contribution in [0.25, 0.3) is 10.9 Å². The lowest BCUT2D eigenvalue weighted by atomic mass is 10.1. The highest BCUT2D eigenvalue weighted by Gasteiger charge is 2.13. The van der Waals surface area contributed by atoms with Gasteiger partial charge in [-0.15, -0.1) is 0 Å². The molecule has 1 fully saturated rings. The summed E-state index contributed by atoms with van der Waals surface area (Å²) < 4.78 is 7.39. The number of nitrogens with one attached hydrogen (secondary N) is 1. The number of likely N-dealkylation sites (N-methyl/N-ethyl adjacent to an activating group) is 1. The van der Waals surface area contributed by atoms with E-state index < -0.39 is 0 Å². The monoisotopic (exact) mass is 400 g/mol. The van der Waals surface area contributed by atoms with E-state index >= 15 is 0 Å². The molecule has 1 saturated heterocycles. The van der Waals surface area contributed by atoms with Gasteiger partial charge in [0.05, 0.1) is 5.52 Å². The molecule has 0 atom stereocenters. The fourth-order valence-electron chi connectivity index (χ4n) is 3.75. The highest BCUT2D eigenvalue weighted by Crippen LogP contribution is 2.22. The van der Waals surface area contributed by atoms with Gasteiger partial charge in [-0.05, 0) is 51.6 Å². The fourth-order valence-corrected chi connectivity index (χ4v) is 3.75. The maximum atomic E-state index is 12.2. The summed E-state index contributed by atoms with van der Waals surface area (Å²) in [5.74, 6) is 0.470. The van der Waals surface area contributed by atoms with Crippen LogP contribution in [-0.2, 0) is 11.3 Å². The Morgan fingerprint density at radius 3 is 2.66 bits per heavy atom. The van der Waals surface area contributed by atoms with Gasteiger partial charge in [0.15, 0.2) is 6.61 Å². The van der Waals surface area contributed by atoms with Crippen molar-refractivity contribution in [3.63, 3.8) is 0 Å². The first-order valence-electron chi connectivity index (χ1n) is 10.4. The van der Waals surface area contributed by atoms with E-state index in [2.05, 4.69) is 22.2 Å². The van der Waals surface area contributed by atoms with Crippen LogP contribution in [0.2, 0.25) is 0 Å². The third-order valence-electron chi connectivity index (χ3n) is 5.55. The summed E-state index contributed by atoms with van der Waals surface area (Å²) in [6.45, 7) is 10.5. The van der Waals surface area contributed by atoms with E-state index in [1.54, 1.807) is 10.6 Å². The second-order valence-electron chi connectivity index (χ2n) is 7.73. The van der Waals surface area contributed by atoms with Crippen LogP contribution >= 0.6 is 0 Å². The molecule has 2 aromatic rings. The molecule has 0 unspecified atom stereocenters. The summed E-state index contributed by atoms with van der Waals surface area (Å²) in [4.78, 5) is 29.1. The minimum absolute atomic E-state index is 0.0206. The minimum Gasteiger partial charge on any atom is -0.484 e. The Kier molecular flexibility index (Phi) is 7.28. The second-order valence-corrected chi connectivity index (χ2v) is 7.73. The molecule has 1 aromatic carbocycles. The molecule has 7 nitrogen and oxygen atoms in total. The molecule has 0 aliphatic carbocycles. The first-order valence-corrected chi connectivity index (χ1v) is 10.4.